The van der Waals surface area contributed by atoms with E-state index < -0.39 is 0 Å². The van der Waals surface area contributed by atoms with Crippen LogP contribution in [0.25, 0.3) is 22.2 Å². The number of nitrogens with one attached hydrogen (secondary N) is 1. The summed E-state index contributed by atoms with van der Waals surface area (Å²) in [5.74, 6) is 1.17. The first-order valence-electron chi connectivity index (χ1n) is 9.71. The molecular formula is C21H28N4O2S. The minimum Gasteiger partial charge on any atom is -0.395 e. The van der Waals surface area contributed by atoms with Crippen LogP contribution >= 0.6 is 11.3 Å². The molecule has 2 aromatic heterocycles. The number of benzene rings is 1. The quantitative estimate of drug-likeness (QED) is 0.506. The lowest BCUT2D eigenvalue weighted by atomic mass is 10.1. The third kappa shape index (κ3) is 5.05. The van der Waals surface area contributed by atoms with E-state index in [1.165, 1.54) is 10.4 Å². The maximum absolute atomic E-state index is 8.83. The highest BCUT2D eigenvalue weighted by Crippen LogP contribution is 2.32. The van der Waals surface area contributed by atoms with E-state index in [4.69, 9.17) is 9.63 Å². The van der Waals surface area contributed by atoms with Crippen LogP contribution in [0, 0.1) is 6.92 Å². The van der Waals surface area contributed by atoms with E-state index in [9.17, 15) is 0 Å². The van der Waals surface area contributed by atoms with Crippen LogP contribution in [0.3, 0.4) is 0 Å². The second kappa shape index (κ2) is 9.93. The predicted octanol–water partition coefficient (Wildman–Crippen LogP) is 3.70. The summed E-state index contributed by atoms with van der Waals surface area (Å²) in [6.07, 6.45) is 0. The van der Waals surface area contributed by atoms with Crippen molar-refractivity contribution in [3.63, 3.8) is 0 Å². The second-order valence-corrected chi connectivity index (χ2v) is 7.84. The van der Waals surface area contributed by atoms with Crippen molar-refractivity contribution in [2.75, 3.05) is 26.2 Å². The Balaban J connectivity index is 1.72. The molecule has 0 aliphatic rings. The fraction of sp³-hybridized carbons (Fsp3) is 0.429. The standard InChI is InChI=1S/C21H28N4O2S/c1-4-25(5-2)14-19-15(3)12-18(28-19)21-23-20(24-27-21)17-8-6-16(7-9-17)13-22-10-11-26/h6-9,12,22,26H,4-5,10-11,13-14H2,1-3H3. The van der Waals surface area contributed by atoms with Crippen molar-refractivity contribution in [3.8, 4) is 22.2 Å². The molecule has 28 heavy (non-hydrogen) atoms. The third-order valence-corrected chi connectivity index (χ3v) is 5.96. The molecule has 7 heteroatoms. The zero-order valence-corrected chi connectivity index (χ0v) is 17.6. The number of aliphatic hydroxyl groups is 1. The number of thiophene rings is 1. The Kier molecular flexibility index (Phi) is 7.33. The Morgan fingerprint density at radius 1 is 1.18 bits per heavy atom. The third-order valence-electron chi connectivity index (χ3n) is 4.75. The molecule has 0 bridgehead atoms. The minimum atomic E-state index is 0.141. The Hall–Kier alpha value is -2.06. The molecule has 3 rings (SSSR count). The predicted molar refractivity (Wildman–Crippen MR) is 113 cm³/mol. The first kappa shape index (κ1) is 20.7. The van der Waals surface area contributed by atoms with Crippen molar-refractivity contribution in [3.05, 3.63) is 46.3 Å². The molecule has 2 N–H and O–H groups in total. The molecule has 3 aromatic rings. The van der Waals surface area contributed by atoms with Crippen molar-refractivity contribution in [2.24, 2.45) is 0 Å². The molecule has 150 valence electrons. The van der Waals surface area contributed by atoms with Gasteiger partial charge in [0.15, 0.2) is 0 Å². The normalized spacial score (nSPS) is 11.5. The summed E-state index contributed by atoms with van der Waals surface area (Å²) in [4.78, 5) is 9.36. The minimum absolute atomic E-state index is 0.141. The van der Waals surface area contributed by atoms with Gasteiger partial charge in [0.25, 0.3) is 5.89 Å². The molecule has 0 fully saturated rings. The van der Waals surface area contributed by atoms with Crippen LogP contribution in [-0.2, 0) is 13.1 Å². The molecule has 0 saturated carbocycles. The van der Waals surface area contributed by atoms with E-state index in [2.05, 4.69) is 47.2 Å². The first-order chi connectivity index (χ1) is 13.6. The van der Waals surface area contributed by atoms with Gasteiger partial charge >= 0.3 is 0 Å². The Morgan fingerprint density at radius 3 is 2.61 bits per heavy atom. The molecule has 0 saturated heterocycles. The van der Waals surface area contributed by atoms with Gasteiger partial charge < -0.3 is 14.9 Å². The van der Waals surface area contributed by atoms with E-state index in [0.717, 1.165) is 42.2 Å². The largest absolute Gasteiger partial charge is 0.395 e. The number of aliphatic hydroxyl groups excluding tert-OH is 1. The van der Waals surface area contributed by atoms with E-state index in [1.807, 2.05) is 24.3 Å². The molecule has 0 unspecified atom stereocenters. The van der Waals surface area contributed by atoms with Crippen LogP contribution in [-0.4, -0.2) is 46.4 Å². The summed E-state index contributed by atoms with van der Waals surface area (Å²) in [7, 11) is 0. The Labute approximate surface area is 170 Å². The summed E-state index contributed by atoms with van der Waals surface area (Å²) in [6.45, 7) is 11.0. The van der Waals surface area contributed by atoms with Gasteiger partial charge in [-0.05, 0) is 37.2 Å². The number of hydrogen-bond donors (Lipinski definition) is 2. The molecule has 0 atom stereocenters. The molecule has 0 spiro atoms. The summed E-state index contributed by atoms with van der Waals surface area (Å²) >= 11 is 1.73. The molecule has 0 amide bonds. The van der Waals surface area contributed by atoms with Crippen LogP contribution in [0.2, 0.25) is 0 Å². The van der Waals surface area contributed by atoms with Gasteiger partial charge in [0.2, 0.25) is 5.82 Å². The average molecular weight is 401 g/mol. The molecule has 1 aromatic carbocycles. The molecule has 0 aliphatic carbocycles. The Morgan fingerprint density at radius 2 is 1.93 bits per heavy atom. The van der Waals surface area contributed by atoms with Gasteiger partial charge in [-0.3, -0.25) is 4.90 Å². The highest BCUT2D eigenvalue weighted by atomic mass is 32.1. The summed E-state index contributed by atoms with van der Waals surface area (Å²) < 4.78 is 5.54. The monoisotopic (exact) mass is 400 g/mol. The van der Waals surface area contributed by atoms with Crippen molar-refractivity contribution in [1.29, 1.82) is 0 Å². The van der Waals surface area contributed by atoms with Crippen LogP contribution in [0.15, 0.2) is 34.9 Å². The highest BCUT2D eigenvalue weighted by molar-refractivity contribution is 7.15. The number of aryl methyl sites for hydroxylation is 1. The van der Waals surface area contributed by atoms with Gasteiger partial charge in [-0.2, -0.15) is 4.98 Å². The summed E-state index contributed by atoms with van der Waals surface area (Å²) in [5.41, 5.74) is 3.35. The topological polar surface area (TPSA) is 74.4 Å². The molecule has 2 heterocycles. The molecule has 0 radical (unpaired) electrons. The van der Waals surface area contributed by atoms with Crippen molar-refractivity contribution in [2.45, 2.75) is 33.9 Å². The van der Waals surface area contributed by atoms with Gasteiger partial charge in [-0.15, -0.1) is 11.3 Å². The number of hydrogen-bond acceptors (Lipinski definition) is 7. The van der Waals surface area contributed by atoms with E-state index in [1.54, 1.807) is 11.3 Å². The van der Waals surface area contributed by atoms with Gasteiger partial charge in [0, 0.05) is 30.1 Å². The lowest BCUT2D eigenvalue weighted by Crippen LogP contribution is -2.21. The maximum atomic E-state index is 8.83. The van der Waals surface area contributed by atoms with Crippen LogP contribution < -0.4 is 5.32 Å². The smallest absolute Gasteiger partial charge is 0.268 e. The lowest BCUT2D eigenvalue weighted by Gasteiger charge is -2.17. The van der Waals surface area contributed by atoms with Crippen molar-refractivity contribution in [1.82, 2.24) is 20.4 Å². The number of aromatic nitrogens is 2. The molecular weight excluding hydrogens is 372 g/mol. The summed E-state index contributed by atoms with van der Waals surface area (Å²) in [6, 6.07) is 10.2. The Bertz CT molecular complexity index is 869. The van der Waals surface area contributed by atoms with Crippen molar-refractivity contribution < 1.29 is 9.63 Å². The lowest BCUT2D eigenvalue weighted by molar-refractivity contribution is 0.292. The molecule has 6 nitrogen and oxygen atoms in total. The zero-order chi connectivity index (χ0) is 19.9. The van der Waals surface area contributed by atoms with Crippen LogP contribution in [0.4, 0.5) is 0 Å². The summed E-state index contributed by atoms with van der Waals surface area (Å²) in [5, 5.41) is 16.2. The zero-order valence-electron chi connectivity index (χ0n) is 16.7. The fourth-order valence-electron chi connectivity index (χ4n) is 2.96. The van der Waals surface area contributed by atoms with E-state index >= 15 is 0 Å². The average Bonchev–Trinajstić information content (AvgIpc) is 3.34. The number of nitrogens with zero attached hydrogens (tertiary/aromatic N) is 3. The maximum Gasteiger partial charge on any atom is 0.268 e. The van der Waals surface area contributed by atoms with E-state index in [-0.39, 0.29) is 6.61 Å². The molecule has 0 aliphatic heterocycles. The van der Waals surface area contributed by atoms with Crippen LogP contribution in [0.1, 0.15) is 29.9 Å². The van der Waals surface area contributed by atoms with Gasteiger partial charge in [0.05, 0.1) is 11.5 Å². The van der Waals surface area contributed by atoms with Crippen molar-refractivity contribution >= 4 is 11.3 Å². The van der Waals surface area contributed by atoms with E-state index in [0.29, 0.717) is 18.3 Å². The van der Waals surface area contributed by atoms with Gasteiger partial charge in [0.1, 0.15) is 0 Å². The second-order valence-electron chi connectivity index (χ2n) is 6.70. The van der Waals surface area contributed by atoms with Crippen LogP contribution in [0.5, 0.6) is 0 Å². The fourth-order valence-corrected chi connectivity index (χ4v) is 4.10. The first-order valence-corrected chi connectivity index (χ1v) is 10.5. The van der Waals surface area contributed by atoms with Gasteiger partial charge in [-0.1, -0.05) is 43.3 Å². The number of rotatable bonds is 10. The van der Waals surface area contributed by atoms with Gasteiger partial charge in [-0.25, -0.2) is 0 Å². The SMILES string of the molecule is CCN(CC)Cc1sc(-c2nc(-c3ccc(CNCCO)cc3)no2)cc1C. The highest BCUT2D eigenvalue weighted by Gasteiger charge is 2.16.